The fourth-order valence-electron chi connectivity index (χ4n) is 1.83. The van der Waals surface area contributed by atoms with Gasteiger partial charge in [-0.2, -0.15) is 5.10 Å². The molecule has 2 aromatic heterocycles. The van der Waals surface area contributed by atoms with Crippen molar-refractivity contribution < 1.29 is 4.74 Å². The quantitative estimate of drug-likeness (QED) is 0.894. The van der Waals surface area contributed by atoms with Crippen molar-refractivity contribution in [3.63, 3.8) is 0 Å². The maximum atomic E-state index is 5.85. The third kappa shape index (κ3) is 2.01. The number of rotatable bonds is 3. The molecule has 0 bridgehead atoms. The fraction of sp³-hybridized carbons (Fsp3) is 0.417. The number of nitrogen functional groups attached to an aromatic ring is 1. The molecule has 0 saturated heterocycles. The largest absolute Gasteiger partial charge is 0.435 e. The number of ether oxygens (including phenoxy) is 1. The number of nitrogens with zero attached hydrogens (tertiary/aromatic N) is 4. The molecule has 0 aliphatic heterocycles. The van der Waals surface area contributed by atoms with E-state index in [1.807, 2.05) is 27.8 Å². The highest BCUT2D eigenvalue weighted by Gasteiger charge is 2.15. The van der Waals surface area contributed by atoms with Crippen molar-refractivity contribution in [1.29, 1.82) is 0 Å². The number of aromatic nitrogens is 4. The third-order valence-corrected chi connectivity index (χ3v) is 2.93. The zero-order valence-corrected chi connectivity index (χ0v) is 11.1. The molecule has 0 saturated carbocycles. The molecular formula is C12H17N5O. The number of hydrogen-bond donors (Lipinski definition) is 1. The van der Waals surface area contributed by atoms with Gasteiger partial charge < -0.3 is 10.5 Å². The van der Waals surface area contributed by atoms with Crippen molar-refractivity contribution in [2.45, 2.75) is 27.2 Å². The Balaban J connectivity index is 2.43. The molecule has 0 radical (unpaired) electrons. The fourth-order valence-corrected chi connectivity index (χ4v) is 1.83. The van der Waals surface area contributed by atoms with Crippen LogP contribution in [0.3, 0.4) is 0 Å². The molecule has 0 fully saturated rings. The summed E-state index contributed by atoms with van der Waals surface area (Å²) in [6.45, 7) is 5.84. The maximum absolute atomic E-state index is 5.85. The Morgan fingerprint density at radius 3 is 2.61 bits per heavy atom. The lowest BCUT2D eigenvalue weighted by atomic mass is 10.2. The van der Waals surface area contributed by atoms with Crippen LogP contribution in [0.25, 0.3) is 0 Å². The van der Waals surface area contributed by atoms with Crippen molar-refractivity contribution in [3.05, 3.63) is 23.3 Å². The number of anilines is 1. The average molecular weight is 247 g/mol. The first-order chi connectivity index (χ1) is 8.54. The standard InChI is InChI=1S/C12H17N5O/c1-5-9-11(13)14-6-15-12(9)18-10-7(2)16-17(4)8(10)3/h6H,5H2,1-4H3,(H2,13,14,15). The Labute approximate surface area is 106 Å². The van der Waals surface area contributed by atoms with Crippen molar-refractivity contribution in [1.82, 2.24) is 19.7 Å². The van der Waals surface area contributed by atoms with Gasteiger partial charge in [-0.05, 0) is 20.3 Å². The van der Waals surface area contributed by atoms with E-state index < -0.39 is 0 Å². The summed E-state index contributed by atoms with van der Waals surface area (Å²) in [5.41, 5.74) is 8.41. The van der Waals surface area contributed by atoms with Gasteiger partial charge in [0.1, 0.15) is 17.8 Å². The molecule has 0 aliphatic carbocycles. The molecule has 0 aromatic carbocycles. The summed E-state index contributed by atoms with van der Waals surface area (Å²) in [7, 11) is 1.88. The molecule has 0 atom stereocenters. The van der Waals surface area contributed by atoms with Gasteiger partial charge >= 0.3 is 0 Å². The van der Waals surface area contributed by atoms with E-state index in [9.17, 15) is 0 Å². The summed E-state index contributed by atoms with van der Waals surface area (Å²) in [5, 5.41) is 4.30. The van der Waals surface area contributed by atoms with Crippen LogP contribution in [0, 0.1) is 13.8 Å². The highest BCUT2D eigenvalue weighted by atomic mass is 16.5. The van der Waals surface area contributed by atoms with Crippen LogP contribution in [0.15, 0.2) is 6.33 Å². The van der Waals surface area contributed by atoms with E-state index in [1.165, 1.54) is 6.33 Å². The first-order valence-corrected chi connectivity index (χ1v) is 5.82. The van der Waals surface area contributed by atoms with E-state index in [2.05, 4.69) is 15.1 Å². The van der Waals surface area contributed by atoms with Gasteiger partial charge in [-0.15, -0.1) is 0 Å². The van der Waals surface area contributed by atoms with Crippen LogP contribution >= 0.6 is 0 Å². The SMILES string of the molecule is CCc1c(N)ncnc1Oc1c(C)nn(C)c1C. The summed E-state index contributed by atoms with van der Waals surface area (Å²) in [6, 6.07) is 0. The van der Waals surface area contributed by atoms with Crippen molar-refractivity contribution >= 4 is 5.82 Å². The number of nitrogens with two attached hydrogens (primary N) is 1. The Morgan fingerprint density at radius 2 is 2.06 bits per heavy atom. The van der Waals surface area contributed by atoms with E-state index >= 15 is 0 Å². The van der Waals surface area contributed by atoms with Crippen LogP contribution in [-0.2, 0) is 13.5 Å². The van der Waals surface area contributed by atoms with Gasteiger partial charge in [0.05, 0.1) is 11.3 Å². The predicted octanol–water partition coefficient (Wildman–Crippen LogP) is 1.76. The molecule has 2 aromatic rings. The molecular weight excluding hydrogens is 230 g/mol. The second-order valence-electron chi connectivity index (χ2n) is 4.12. The van der Waals surface area contributed by atoms with Crippen LogP contribution in [0.5, 0.6) is 11.6 Å². The van der Waals surface area contributed by atoms with E-state index in [0.29, 0.717) is 11.7 Å². The normalized spacial score (nSPS) is 10.7. The number of aryl methyl sites for hydroxylation is 2. The van der Waals surface area contributed by atoms with Crippen molar-refractivity contribution in [2.24, 2.45) is 7.05 Å². The highest BCUT2D eigenvalue weighted by molar-refractivity contribution is 5.47. The first-order valence-electron chi connectivity index (χ1n) is 5.82. The van der Waals surface area contributed by atoms with Crippen LogP contribution < -0.4 is 10.5 Å². The monoisotopic (exact) mass is 247 g/mol. The minimum Gasteiger partial charge on any atom is -0.435 e. The first kappa shape index (κ1) is 12.3. The summed E-state index contributed by atoms with van der Waals surface area (Å²) < 4.78 is 7.63. The van der Waals surface area contributed by atoms with Gasteiger partial charge in [0.2, 0.25) is 5.88 Å². The topological polar surface area (TPSA) is 78.8 Å². The molecule has 0 spiro atoms. The van der Waals surface area contributed by atoms with Gasteiger partial charge in [-0.1, -0.05) is 6.92 Å². The van der Waals surface area contributed by atoms with Crippen molar-refractivity contribution in [2.75, 3.05) is 5.73 Å². The number of hydrogen-bond acceptors (Lipinski definition) is 5. The van der Waals surface area contributed by atoms with Gasteiger partial charge in [0.25, 0.3) is 0 Å². The minimum atomic E-state index is 0.460. The van der Waals surface area contributed by atoms with Gasteiger partial charge in [0.15, 0.2) is 5.75 Å². The molecule has 6 heteroatoms. The van der Waals surface area contributed by atoms with Crippen molar-refractivity contribution in [3.8, 4) is 11.6 Å². The lowest BCUT2D eigenvalue weighted by Crippen LogP contribution is -2.02. The zero-order chi connectivity index (χ0) is 13.3. The third-order valence-electron chi connectivity index (χ3n) is 2.93. The Morgan fingerprint density at radius 1 is 1.33 bits per heavy atom. The highest BCUT2D eigenvalue weighted by Crippen LogP contribution is 2.30. The second-order valence-corrected chi connectivity index (χ2v) is 4.12. The lowest BCUT2D eigenvalue weighted by molar-refractivity contribution is 0.448. The predicted molar refractivity (Wildman–Crippen MR) is 68.6 cm³/mol. The summed E-state index contributed by atoms with van der Waals surface area (Å²) in [6.07, 6.45) is 2.13. The van der Waals surface area contributed by atoms with E-state index in [4.69, 9.17) is 10.5 Å². The molecule has 0 aliphatic rings. The van der Waals surface area contributed by atoms with Crippen LogP contribution in [-0.4, -0.2) is 19.7 Å². The van der Waals surface area contributed by atoms with Crippen LogP contribution in [0.1, 0.15) is 23.9 Å². The molecule has 2 heterocycles. The van der Waals surface area contributed by atoms with E-state index in [-0.39, 0.29) is 0 Å². The molecule has 0 amide bonds. The van der Waals surface area contributed by atoms with E-state index in [1.54, 1.807) is 4.68 Å². The summed E-state index contributed by atoms with van der Waals surface area (Å²) in [5.74, 6) is 1.69. The van der Waals surface area contributed by atoms with E-state index in [0.717, 1.165) is 29.1 Å². The smallest absolute Gasteiger partial charge is 0.227 e. The van der Waals surface area contributed by atoms with Crippen LogP contribution in [0.4, 0.5) is 5.82 Å². The Bertz CT molecular complexity index is 576. The minimum absolute atomic E-state index is 0.460. The van der Waals surface area contributed by atoms with Gasteiger partial charge in [0, 0.05) is 7.05 Å². The molecule has 18 heavy (non-hydrogen) atoms. The maximum Gasteiger partial charge on any atom is 0.227 e. The molecule has 6 nitrogen and oxygen atoms in total. The molecule has 96 valence electrons. The molecule has 2 rings (SSSR count). The Kier molecular flexibility index (Phi) is 3.18. The van der Waals surface area contributed by atoms with Crippen LogP contribution in [0.2, 0.25) is 0 Å². The summed E-state index contributed by atoms with van der Waals surface area (Å²) >= 11 is 0. The molecule has 2 N–H and O–H groups in total. The average Bonchev–Trinajstić information content (AvgIpc) is 2.56. The second kappa shape index (κ2) is 4.64. The van der Waals surface area contributed by atoms with Gasteiger partial charge in [-0.25, -0.2) is 9.97 Å². The molecule has 0 unspecified atom stereocenters. The van der Waals surface area contributed by atoms with Gasteiger partial charge in [-0.3, -0.25) is 4.68 Å². The zero-order valence-electron chi connectivity index (χ0n) is 11.1. The lowest BCUT2D eigenvalue weighted by Gasteiger charge is -2.10. The Hall–Kier alpha value is -2.11. The summed E-state index contributed by atoms with van der Waals surface area (Å²) in [4.78, 5) is 8.11.